The SMILES string of the molecule is Cn1c(CCCC(=O)N2CCC(CCn3c(Sc4cc5c(cc4Br)OCO5)nc4c(N)ncnc43)CC2)nc2cc(N(CCCl)CCCl)ccc21. The van der Waals surface area contributed by atoms with Gasteiger partial charge < -0.3 is 34.1 Å². The number of hydrogen-bond acceptors (Lipinski definition) is 10. The zero-order chi connectivity index (χ0) is 35.5. The smallest absolute Gasteiger partial charge is 0.231 e. The van der Waals surface area contributed by atoms with E-state index in [2.05, 4.69) is 58.1 Å². The van der Waals surface area contributed by atoms with Crippen LogP contribution < -0.4 is 20.1 Å². The van der Waals surface area contributed by atoms with E-state index in [0.29, 0.717) is 46.9 Å². The number of ether oxygens (including phenoxy) is 2. The van der Waals surface area contributed by atoms with Gasteiger partial charge in [0, 0.05) is 79.4 Å². The molecule has 0 saturated carbocycles. The number of nitrogen functional groups attached to an aromatic ring is 1. The molecule has 5 aromatic rings. The van der Waals surface area contributed by atoms with E-state index in [1.807, 2.05) is 24.1 Å². The molecule has 0 aliphatic carbocycles. The van der Waals surface area contributed by atoms with Crippen LogP contribution in [0.15, 0.2) is 51.2 Å². The fourth-order valence-corrected chi connectivity index (χ4v) is 8.78. The van der Waals surface area contributed by atoms with Crippen molar-refractivity contribution < 1.29 is 14.3 Å². The molecule has 7 rings (SSSR count). The van der Waals surface area contributed by atoms with Crippen LogP contribution in [0.25, 0.3) is 22.2 Å². The molecule has 0 unspecified atom stereocenters. The largest absolute Gasteiger partial charge is 0.454 e. The Morgan fingerprint density at radius 3 is 2.61 bits per heavy atom. The quantitative estimate of drug-likeness (QED) is 0.119. The maximum atomic E-state index is 13.2. The number of imidazole rings is 2. The van der Waals surface area contributed by atoms with Crippen molar-refractivity contribution in [1.82, 2.24) is 34.0 Å². The number of aryl methyl sites for hydroxylation is 3. The van der Waals surface area contributed by atoms with Gasteiger partial charge in [0.2, 0.25) is 12.7 Å². The van der Waals surface area contributed by atoms with Gasteiger partial charge in [-0.15, -0.1) is 23.2 Å². The summed E-state index contributed by atoms with van der Waals surface area (Å²) in [6, 6.07) is 10.2. The number of hydrogen-bond donors (Lipinski definition) is 1. The van der Waals surface area contributed by atoms with Gasteiger partial charge >= 0.3 is 0 Å². The van der Waals surface area contributed by atoms with Gasteiger partial charge in [0.25, 0.3) is 0 Å². The zero-order valence-corrected chi connectivity index (χ0v) is 32.3. The highest BCUT2D eigenvalue weighted by Gasteiger charge is 2.25. The third-order valence-corrected chi connectivity index (χ3v) is 12.0. The molecule has 0 atom stereocenters. The first-order valence-electron chi connectivity index (χ1n) is 17.2. The number of fused-ring (bicyclic) bond motifs is 3. The topological polar surface area (TPSA) is 129 Å². The number of piperidine rings is 1. The van der Waals surface area contributed by atoms with Crippen LogP contribution in [0.1, 0.15) is 37.9 Å². The number of amides is 1. The van der Waals surface area contributed by atoms with E-state index in [-0.39, 0.29) is 12.7 Å². The van der Waals surface area contributed by atoms with Crippen molar-refractivity contribution in [3.8, 4) is 11.5 Å². The van der Waals surface area contributed by atoms with Gasteiger partial charge in [0.15, 0.2) is 33.6 Å². The minimum absolute atomic E-state index is 0.208. The number of carbonyl (C=O) groups excluding carboxylic acids is 1. The van der Waals surface area contributed by atoms with E-state index in [9.17, 15) is 4.79 Å². The van der Waals surface area contributed by atoms with Crippen molar-refractivity contribution in [2.45, 2.75) is 55.1 Å². The van der Waals surface area contributed by atoms with Gasteiger partial charge in [0.1, 0.15) is 12.2 Å². The molecule has 2 aromatic carbocycles. The first kappa shape index (κ1) is 35.9. The van der Waals surface area contributed by atoms with Crippen molar-refractivity contribution in [1.29, 1.82) is 0 Å². The fourth-order valence-electron chi connectivity index (χ4n) is 6.86. The molecule has 2 aliphatic heterocycles. The van der Waals surface area contributed by atoms with Crippen LogP contribution in [0, 0.1) is 5.92 Å². The molecule has 1 fully saturated rings. The summed E-state index contributed by atoms with van der Waals surface area (Å²) < 4.78 is 16.3. The van der Waals surface area contributed by atoms with Gasteiger partial charge in [-0.2, -0.15) is 0 Å². The second kappa shape index (κ2) is 16.1. The average molecular weight is 818 g/mol. The maximum Gasteiger partial charge on any atom is 0.231 e. The van der Waals surface area contributed by atoms with Crippen molar-refractivity contribution >= 4 is 90.5 Å². The summed E-state index contributed by atoms with van der Waals surface area (Å²) in [6.45, 7) is 3.93. The van der Waals surface area contributed by atoms with Gasteiger partial charge in [-0.1, -0.05) is 11.8 Å². The summed E-state index contributed by atoms with van der Waals surface area (Å²) in [6.07, 6.45) is 6.36. The number of halogens is 3. The lowest BCUT2D eigenvalue weighted by molar-refractivity contribution is -0.132. The lowest BCUT2D eigenvalue weighted by Crippen LogP contribution is -2.38. The highest BCUT2D eigenvalue weighted by molar-refractivity contribution is 9.10. The Hall–Kier alpha value is -3.46. The number of rotatable bonds is 14. The maximum absolute atomic E-state index is 13.2. The number of anilines is 2. The Labute approximate surface area is 319 Å². The molecule has 51 heavy (non-hydrogen) atoms. The van der Waals surface area contributed by atoms with Crippen molar-refractivity contribution in [2.24, 2.45) is 13.0 Å². The van der Waals surface area contributed by atoms with E-state index >= 15 is 0 Å². The molecule has 16 heteroatoms. The normalized spacial score (nSPS) is 14.6. The second-order valence-corrected chi connectivity index (χ2v) is 15.4. The summed E-state index contributed by atoms with van der Waals surface area (Å²) in [7, 11) is 2.04. The van der Waals surface area contributed by atoms with Crippen LogP contribution in [-0.2, 0) is 24.8 Å². The standard InChI is InChI=1S/C35H40BrCl2N9O3S/c1-44-26-6-5-23(45(15-10-37)16-11-38)17-25(26)42-30(44)3-2-4-31(48)46-12-7-22(8-13-46)9-14-47-34-32(33(39)40-20-41-34)43-35(47)51-29-19-28-27(18-24(29)36)49-21-50-28/h5-6,17-20,22H,2-4,7-16,21H2,1H3,(H2,39,40,41). The first-order chi connectivity index (χ1) is 24.8. The van der Waals surface area contributed by atoms with Gasteiger partial charge in [-0.05, 0) is 77.9 Å². The van der Waals surface area contributed by atoms with E-state index in [4.69, 9.17) is 48.4 Å². The van der Waals surface area contributed by atoms with E-state index in [1.54, 1.807) is 0 Å². The van der Waals surface area contributed by atoms with Crippen molar-refractivity contribution in [3.05, 3.63) is 47.0 Å². The minimum atomic E-state index is 0.208. The molecule has 0 bridgehead atoms. The Kier molecular flexibility index (Phi) is 11.3. The molecule has 1 amide bonds. The Balaban J connectivity index is 0.928. The molecular formula is C35H40BrCl2N9O3S. The predicted molar refractivity (Wildman–Crippen MR) is 205 cm³/mol. The molecule has 2 N–H and O–H groups in total. The van der Waals surface area contributed by atoms with Crippen LogP contribution in [0.4, 0.5) is 11.5 Å². The predicted octanol–water partition coefficient (Wildman–Crippen LogP) is 6.87. The summed E-state index contributed by atoms with van der Waals surface area (Å²) in [5, 5.41) is 0.782. The summed E-state index contributed by atoms with van der Waals surface area (Å²) in [5.74, 6) is 4.52. The monoisotopic (exact) mass is 815 g/mol. The number of benzene rings is 2. The van der Waals surface area contributed by atoms with Gasteiger partial charge in [-0.3, -0.25) is 4.79 Å². The first-order valence-corrected chi connectivity index (χ1v) is 19.8. The number of aromatic nitrogens is 6. The van der Waals surface area contributed by atoms with Crippen LogP contribution in [-0.4, -0.2) is 84.6 Å². The van der Waals surface area contributed by atoms with E-state index in [0.717, 1.165) is 108 Å². The highest BCUT2D eigenvalue weighted by atomic mass is 79.9. The molecule has 2 aliphatic rings. The Morgan fingerprint density at radius 2 is 1.84 bits per heavy atom. The average Bonchev–Trinajstić information content (AvgIpc) is 3.83. The summed E-state index contributed by atoms with van der Waals surface area (Å²) in [4.78, 5) is 36.9. The van der Waals surface area contributed by atoms with Crippen LogP contribution in [0.3, 0.4) is 0 Å². The van der Waals surface area contributed by atoms with Gasteiger partial charge in [0.05, 0.1) is 11.0 Å². The molecule has 12 nitrogen and oxygen atoms in total. The number of alkyl halides is 2. The lowest BCUT2D eigenvalue weighted by atomic mass is 9.93. The molecule has 1 saturated heterocycles. The minimum Gasteiger partial charge on any atom is -0.454 e. The Morgan fingerprint density at radius 1 is 1.08 bits per heavy atom. The molecule has 0 spiro atoms. The third-order valence-electron chi connectivity index (χ3n) is 9.70. The van der Waals surface area contributed by atoms with Crippen LogP contribution >= 0.6 is 50.9 Å². The van der Waals surface area contributed by atoms with Gasteiger partial charge in [-0.25, -0.2) is 19.9 Å². The molecule has 0 radical (unpaired) electrons. The number of nitrogens with two attached hydrogens (primary N) is 1. The fraction of sp³-hybridized carbons (Fsp3) is 0.457. The second-order valence-electron chi connectivity index (χ2n) is 12.8. The number of nitrogens with zero attached hydrogens (tertiary/aromatic N) is 8. The molecule has 3 aromatic heterocycles. The zero-order valence-electron chi connectivity index (χ0n) is 28.4. The van der Waals surface area contributed by atoms with Crippen LogP contribution in [0.2, 0.25) is 0 Å². The van der Waals surface area contributed by atoms with Crippen molar-refractivity contribution in [3.63, 3.8) is 0 Å². The lowest BCUT2D eigenvalue weighted by Gasteiger charge is -2.32. The molecular weight excluding hydrogens is 777 g/mol. The number of likely N-dealkylation sites (tertiary alicyclic amines) is 1. The van der Waals surface area contributed by atoms with Crippen LogP contribution in [0.5, 0.6) is 11.5 Å². The highest BCUT2D eigenvalue weighted by Crippen LogP contribution is 2.43. The molecule has 270 valence electrons. The molecule has 5 heterocycles. The summed E-state index contributed by atoms with van der Waals surface area (Å²) in [5.41, 5.74) is 10.6. The van der Waals surface area contributed by atoms with Crippen molar-refractivity contribution in [2.75, 3.05) is 55.4 Å². The third kappa shape index (κ3) is 7.84. The number of carbonyl (C=O) groups is 1. The summed E-state index contributed by atoms with van der Waals surface area (Å²) >= 11 is 17.2. The van der Waals surface area contributed by atoms with E-state index < -0.39 is 0 Å². The Bertz CT molecular complexity index is 2030. The van der Waals surface area contributed by atoms with E-state index in [1.165, 1.54) is 18.1 Å².